The summed E-state index contributed by atoms with van der Waals surface area (Å²) in [4.78, 5) is 23.3. The van der Waals surface area contributed by atoms with Crippen molar-refractivity contribution in [1.82, 2.24) is 15.3 Å². The fourth-order valence-electron chi connectivity index (χ4n) is 4.17. The molecule has 0 amide bonds. The zero-order valence-corrected chi connectivity index (χ0v) is 19.0. The largest absolute Gasteiger partial charge is 0.494 e. The van der Waals surface area contributed by atoms with Gasteiger partial charge in [0.15, 0.2) is 5.78 Å². The van der Waals surface area contributed by atoms with E-state index < -0.39 is 0 Å². The highest BCUT2D eigenvalue weighted by molar-refractivity contribution is 6.31. The maximum atomic E-state index is 12.3. The van der Waals surface area contributed by atoms with Crippen LogP contribution in [0.25, 0.3) is 0 Å². The van der Waals surface area contributed by atoms with Gasteiger partial charge in [0.25, 0.3) is 0 Å². The Hall–Kier alpha value is -3.36. The van der Waals surface area contributed by atoms with Crippen LogP contribution in [0.5, 0.6) is 17.4 Å². The number of methoxy groups -OCH3 is 1. The molecule has 2 N–H and O–H groups in total. The summed E-state index contributed by atoms with van der Waals surface area (Å²) in [7, 11) is 1.63. The zero-order valence-electron chi connectivity index (χ0n) is 18.2. The number of piperazine rings is 1. The van der Waals surface area contributed by atoms with Crippen molar-refractivity contribution in [3.05, 3.63) is 58.7 Å². The average molecular weight is 466 g/mol. The van der Waals surface area contributed by atoms with Crippen molar-refractivity contribution >= 4 is 34.7 Å². The Morgan fingerprint density at radius 1 is 1.12 bits per heavy atom. The number of hydrogen-bond acceptors (Lipinski definition) is 8. The quantitative estimate of drug-likeness (QED) is 0.559. The Balaban J connectivity index is 1.39. The number of aromatic nitrogens is 2. The monoisotopic (exact) mass is 465 g/mol. The van der Waals surface area contributed by atoms with Gasteiger partial charge < -0.3 is 25.0 Å². The maximum absolute atomic E-state index is 12.3. The average Bonchev–Trinajstić information content (AvgIpc) is 3.23. The highest BCUT2D eigenvalue weighted by Gasteiger charge is 2.24. The van der Waals surface area contributed by atoms with Crippen LogP contribution in [0.1, 0.15) is 22.3 Å². The third kappa shape index (κ3) is 4.44. The molecule has 2 aliphatic rings. The van der Waals surface area contributed by atoms with E-state index in [9.17, 15) is 4.79 Å². The smallest absolute Gasteiger partial charge is 0.243 e. The number of aryl methyl sites for hydroxylation is 1. The molecular formula is C24H24ClN5O3. The van der Waals surface area contributed by atoms with E-state index >= 15 is 0 Å². The van der Waals surface area contributed by atoms with E-state index in [2.05, 4.69) is 25.5 Å². The SMILES string of the molecule is COc1cc(N2CCNCC2)ccc1Nc1ncc(Cl)c(Oc2cccc3c2C(=O)CC3)n1. The van der Waals surface area contributed by atoms with Crippen LogP contribution >= 0.6 is 11.6 Å². The predicted octanol–water partition coefficient (Wildman–Crippen LogP) is 4.21. The van der Waals surface area contributed by atoms with Crippen LogP contribution in [0.3, 0.4) is 0 Å². The van der Waals surface area contributed by atoms with Crippen molar-refractivity contribution in [1.29, 1.82) is 0 Å². The van der Waals surface area contributed by atoms with Crippen LogP contribution in [-0.4, -0.2) is 49.0 Å². The predicted molar refractivity (Wildman–Crippen MR) is 128 cm³/mol. The number of anilines is 3. The maximum Gasteiger partial charge on any atom is 0.243 e. The van der Waals surface area contributed by atoms with E-state index in [1.807, 2.05) is 30.3 Å². The number of rotatable bonds is 6. The molecule has 1 fully saturated rings. The van der Waals surface area contributed by atoms with Gasteiger partial charge in [0.2, 0.25) is 11.8 Å². The van der Waals surface area contributed by atoms with Crippen molar-refractivity contribution in [2.45, 2.75) is 12.8 Å². The molecule has 1 aromatic heterocycles. The molecule has 33 heavy (non-hydrogen) atoms. The molecule has 0 radical (unpaired) electrons. The fourth-order valence-corrected chi connectivity index (χ4v) is 4.30. The lowest BCUT2D eigenvalue weighted by atomic mass is 10.1. The molecule has 170 valence electrons. The molecule has 0 bridgehead atoms. The molecule has 0 atom stereocenters. The fraction of sp³-hybridized carbons (Fsp3) is 0.292. The number of ketones is 1. The summed E-state index contributed by atoms with van der Waals surface area (Å²) in [6.07, 6.45) is 2.68. The normalized spacial score (nSPS) is 15.3. The summed E-state index contributed by atoms with van der Waals surface area (Å²) < 4.78 is 11.6. The van der Waals surface area contributed by atoms with Gasteiger partial charge in [-0.2, -0.15) is 4.98 Å². The highest BCUT2D eigenvalue weighted by atomic mass is 35.5. The third-order valence-corrected chi connectivity index (χ3v) is 6.10. The Kier molecular flexibility index (Phi) is 6.02. The standard InChI is InChI=1S/C24H24ClN5O3/c1-32-21-13-16(30-11-9-26-10-12-30)6-7-18(21)28-24-27-14-17(25)23(29-24)33-20-4-2-3-15-5-8-19(31)22(15)20/h2-4,6-7,13-14,26H,5,8-12H2,1H3,(H,27,28,29). The Morgan fingerprint density at radius 3 is 2.79 bits per heavy atom. The molecule has 3 aromatic rings. The minimum atomic E-state index is 0.0680. The lowest BCUT2D eigenvalue weighted by Gasteiger charge is -2.30. The van der Waals surface area contributed by atoms with Gasteiger partial charge in [-0.15, -0.1) is 0 Å². The van der Waals surface area contributed by atoms with Gasteiger partial charge >= 0.3 is 0 Å². The molecule has 2 aromatic carbocycles. The number of benzene rings is 2. The van der Waals surface area contributed by atoms with E-state index in [-0.39, 0.29) is 16.7 Å². The number of nitrogens with zero attached hydrogens (tertiary/aromatic N) is 3. The van der Waals surface area contributed by atoms with Crippen LogP contribution < -0.4 is 25.0 Å². The molecule has 0 unspecified atom stereocenters. The van der Waals surface area contributed by atoms with Crippen molar-refractivity contribution in [2.24, 2.45) is 0 Å². The molecule has 1 aliphatic heterocycles. The van der Waals surface area contributed by atoms with Crippen LogP contribution in [-0.2, 0) is 6.42 Å². The van der Waals surface area contributed by atoms with Crippen molar-refractivity contribution < 1.29 is 14.3 Å². The molecule has 9 heteroatoms. The van der Waals surface area contributed by atoms with Gasteiger partial charge in [0.1, 0.15) is 16.5 Å². The second-order valence-electron chi connectivity index (χ2n) is 7.91. The van der Waals surface area contributed by atoms with E-state index in [0.29, 0.717) is 29.4 Å². The molecular weight excluding hydrogens is 442 g/mol. The lowest BCUT2D eigenvalue weighted by Crippen LogP contribution is -2.43. The van der Waals surface area contributed by atoms with Crippen LogP contribution in [0.15, 0.2) is 42.6 Å². The Labute approximate surface area is 196 Å². The molecule has 0 saturated carbocycles. The molecule has 2 heterocycles. The van der Waals surface area contributed by atoms with E-state index in [4.69, 9.17) is 21.1 Å². The van der Waals surface area contributed by atoms with E-state index in [1.165, 1.54) is 6.20 Å². The number of hydrogen-bond donors (Lipinski definition) is 2. The van der Waals surface area contributed by atoms with Gasteiger partial charge in [-0.1, -0.05) is 23.7 Å². The van der Waals surface area contributed by atoms with E-state index in [1.54, 1.807) is 13.2 Å². The Morgan fingerprint density at radius 2 is 1.97 bits per heavy atom. The van der Waals surface area contributed by atoms with Crippen LogP contribution in [0, 0.1) is 0 Å². The van der Waals surface area contributed by atoms with Gasteiger partial charge in [-0.05, 0) is 30.2 Å². The lowest BCUT2D eigenvalue weighted by molar-refractivity contribution is 0.0992. The van der Waals surface area contributed by atoms with Crippen LogP contribution in [0.4, 0.5) is 17.3 Å². The van der Waals surface area contributed by atoms with Gasteiger partial charge in [0.05, 0.1) is 24.6 Å². The first kappa shape index (κ1) is 21.5. The molecule has 5 rings (SSSR count). The summed E-state index contributed by atoms with van der Waals surface area (Å²) >= 11 is 6.30. The summed E-state index contributed by atoms with van der Waals surface area (Å²) in [5.41, 5.74) is 3.41. The Bertz CT molecular complexity index is 1200. The summed E-state index contributed by atoms with van der Waals surface area (Å²) in [6.45, 7) is 3.81. The number of nitrogens with one attached hydrogen (secondary N) is 2. The van der Waals surface area contributed by atoms with Crippen molar-refractivity contribution in [3.63, 3.8) is 0 Å². The molecule has 1 saturated heterocycles. The first-order valence-corrected chi connectivity index (χ1v) is 11.3. The van der Waals surface area contributed by atoms with E-state index in [0.717, 1.165) is 49.5 Å². The molecule has 8 nitrogen and oxygen atoms in total. The zero-order chi connectivity index (χ0) is 22.8. The van der Waals surface area contributed by atoms with Gasteiger partial charge in [-0.3, -0.25) is 4.79 Å². The summed E-state index contributed by atoms with van der Waals surface area (Å²) in [6, 6.07) is 11.6. The first-order valence-electron chi connectivity index (χ1n) is 10.9. The number of ether oxygens (including phenoxy) is 2. The summed E-state index contributed by atoms with van der Waals surface area (Å²) in [5, 5.41) is 6.80. The third-order valence-electron chi connectivity index (χ3n) is 5.85. The summed E-state index contributed by atoms with van der Waals surface area (Å²) in [5.74, 6) is 1.69. The van der Waals surface area contributed by atoms with Crippen molar-refractivity contribution in [3.8, 4) is 17.4 Å². The molecule has 0 spiro atoms. The minimum Gasteiger partial charge on any atom is -0.494 e. The van der Waals surface area contributed by atoms with Crippen molar-refractivity contribution in [2.75, 3.05) is 43.5 Å². The second kappa shape index (κ2) is 9.25. The second-order valence-corrected chi connectivity index (χ2v) is 8.32. The number of halogens is 1. The van der Waals surface area contributed by atoms with Gasteiger partial charge in [0, 0.05) is 44.4 Å². The number of carbonyl (C=O) groups is 1. The van der Waals surface area contributed by atoms with Gasteiger partial charge in [-0.25, -0.2) is 4.98 Å². The highest BCUT2D eigenvalue weighted by Crippen LogP contribution is 2.36. The number of carbonyl (C=O) groups excluding carboxylic acids is 1. The number of Topliss-reactive ketones (excluding diaryl/α,β-unsaturated/α-hetero) is 1. The number of fused-ring (bicyclic) bond motifs is 1. The first-order chi connectivity index (χ1) is 16.1. The topological polar surface area (TPSA) is 88.6 Å². The minimum absolute atomic E-state index is 0.0680. The molecule has 1 aliphatic carbocycles. The van der Waals surface area contributed by atoms with Crippen LogP contribution in [0.2, 0.25) is 5.02 Å².